The number of nitrogens with zero attached hydrogens (tertiary/aromatic N) is 3. The highest BCUT2D eigenvalue weighted by atomic mass is 16.3. The lowest BCUT2D eigenvalue weighted by Crippen LogP contribution is -1.91. The van der Waals surface area contributed by atoms with E-state index < -0.39 is 0 Å². The molecule has 0 radical (unpaired) electrons. The molecule has 0 bridgehead atoms. The van der Waals surface area contributed by atoms with Crippen LogP contribution in [0.2, 0.25) is 0 Å². The minimum Gasteiger partial charge on any atom is -0.507 e. The van der Waals surface area contributed by atoms with Gasteiger partial charge in [-0.05, 0) is 23.4 Å². The van der Waals surface area contributed by atoms with Crippen molar-refractivity contribution in [2.75, 3.05) is 13.1 Å². The smallest absolute Gasteiger partial charge is 0.124 e. The SMILES string of the molecule is O=Nc1ccccc1/C=N/CC/N=C/c1ccccc1O. The number of hydrogen-bond acceptors (Lipinski definition) is 5. The van der Waals surface area contributed by atoms with E-state index in [0.717, 1.165) is 0 Å². The van der Waals surface area contributed by atoms with Crippen molar-refractivity contribution < 1.29 is 5.11 Å². The van der Waals surface area contributed by atoms with Gasteiger partial charge in [0.15, 0.2) is 0 Å². The van der Waals surface area contributed by atoms with Gasteiger partial charge in [0.1, 0.15) is 11.4 Å². The first-order valence-electron chi connectivity index (χ1n) is 6.51. The Morgan fingerprint density at radius 3 is 2.10 bits per heavy atom. The summed E-state index contributed by atoms with van der Waals surface area (Å²) < 4.78 is 0. The van der Waals surface area contributed by atoms with Crippen LogP contribution in [0.3, 0.4) is 0 Å². The van der Waals surface area contributed by atoms with Gasteiger partial charge in [-0.3, -0.25) is 9.98 Å². The lowest BCUT2D eigenvalue weighted by atomic mass is 10.2. The van der Waals surface area contributed by atoms with Crippen LogP contribution >= 0.6 is 0 Å². The van der Waals surface area contributed by atoms with E-state index in [4.69, 9.17) is 0 Å². The van der Waals surface area contributed by atoms with Crippen LogP contribution in [0.4, 0.5) is 5.69 Å². The molecule has 0 unspecified atom stereocenters. The predicted octanol–water partition coefficient (Wildman–Crippen LogP) is 3.33. The number of para-hydroxylation sites is 1. The lowest BCUT2D eigenvalue weighted by Gasteiger charge is -1.97. The Morgan fingerprint density at radius 1 is 0.857 bits per heavy atom. The quantitative estimate of drug-likeness (QED) is 0.501. The zero-order valence-corrected chi connectivity index (χ0v) is 11.4. The fourth-order valence-corrected chi connectivity index (χ4v) is 1.72. The Balaban J connectivity index is 1.86. The number of aliphatic imine (C=N–C) groups is 2. The standard InChI is InChI=1S/C16H15N3O2/c20-16-8-4-2-6-14(16)12-18-10-9-17-11-13-5-1-3-7-15(13)19-21/h1-8,11-12,20H,9-10H2/b17-11+,18-12+. The molecule has 2 aromatic carbocycles. The summed E-state index contributed by atoms with van der Waals surface area (Å²) in [5.41, 5.74) is 1.74. The van der Waals surface area contributed by atoms with E-state index in [2.05, 4.69) is 15.2 Å². The number of aromatic hydroxyl groups is 1. The molecule has 0 spiro atoms. The first kappa shape index (κ1) is 14.6. The van der Waals surface area contributed by atoms with Gasteiger partial charge >= 0.3 is 0 Å². The summed E-state index contributed by atoms with van der Waals surface area (Å²) in [6.45, 7) is 0.999. The molecule has 0 aliphatic carbocycles. The summed E-state index contributed by atoms with van der Waals surface area (Å²) >= 11 is 0. The first-order chi connectivity index (χ1) is 10.3. The van der Waals surface area contributed by atoms with Crippen molar-refractivity contribution in [3.05, 3.63) is 64.6 Å². The number of nitroso groups, excluding NO2 is 1. The molecule has 2 aromatic rings. The van der Waals surface area contributed by atoms with Crippen molar-refractivity contribution >= 4 is 18.1 Å². The second-order valence-electron chi connectivity index (χ2n) is 4.28. The molecule has 0 heterocycles. The molecular weight excluding hydrogens is 266 g/mol. The van der Waals surface area contributed by atoms with Gasteiger partial charge in [0, 0.05) is 23.6 Å². The van der Waals surface area contributed by atoms with Crippen molar-refractivity contribution in [2.45, 2.75) is 0 Å². The normalized spacial score (nSPS) is 11.2. The number of phenols is 1. The first-order valence-corrected chi connectivity index (χ1v) is 6.51. The van der Waals surface area contributed by atoms with Gasteiger partial charge in [-0.1, -0.05) is 30.3 Å². The monoisotopic (exact) mass is 281 g/mol. The van der Waals surface area contributed by atoms with E-state index in [1.54, 1.807) is 48.8 Å². The molecule has 0 aliphatic rings. The van der Waals surface area contributed by atoms with Crippen molar-refractivity contribution in [1.82, 2.24) is 0 Å². The molecule has 5 nitrogen and oxygen atoms in total. The van der Waals surface area contributed by atoms with E-state index in [1.165, 1.54) is 0 Å². The van der Waals surface area contributed by atoms with Crippen LogP contribution in [-0.2, 0) is 0 Å². The molecule has 0 saturated carbocycles. The number of benzene rings is 2. The lowest BCUT2D eigenvalue weighted by molar-refractivity contribution is 0.474. The number of hydrogen-bond donors (Lipinski definition) is 1. The van der Waals surface area contributed by atoms with Gasteiger partial charge in [0.25, 0.3) is 0 Å². The molecule has 0 amide bonds. The topological polar surface area (TPSA) is 74.4 Å². The summed E-state index contributed by atoms with van der Waals surface area (Å²) in [7, 11) is 0. The molecule has 0 aliphatic heterocycles. The predicted molar refractivity (Wildman–Crippen MR) is 84.9 cm³/mol. The fraction of sp³-hybridized carbons (Fsp3) is 0.125. The maximum Gasteiger partial charge on any atom is 0.124 e. The zero-order chi connectivity index (χ0) is 14.9. The van der Waals surface area contributed by atoms with Crippen LogP contribution in [0.1, 0.15) is 11.1 Å². The maximum atomic E-state index is 10.6. The third kappa shape index (κ3) is 4.35. The summed E-state index contributed by atoms with van der Waals surface area (Å²) in [6.07, 6.45) is 3.23. The van der Waals surface area contributed by atoms with Crippen molar-refractivity contribution in [3.8, 4) is 5.75 Å². The molecule has 106 valence electrons. The Morgan fingerprint density at radius 2 is 1.43 bits per heavy atom. The van der Waals surface area contributed by atoms with E-state index in [9.17, 15) is 10.0 Å². The average Bonchev–Trinajstić information content (AvgIpc) is 2.52. The van der Waals surface area contributed by atoms with Gasteiger partial charge in [-0.25, -0.2) is 0 Å². The highest BCUT2D eigenvalue weighted by molar-refractivity contribution is 5.86. The van der Waals surface area contributed by atoms with Crippen LogP contribution in [0.15, 0.2) is 63.7 Å². The molecule has 1 N–H and O–H groups in total. The maximum absolute atomic E-state index is 10.6. The van der Waals surface area contributed by atoms with Crippen molar-refractivity contribution in [1.29, 1.82) is 0 Å². The number of phenolic OH excluding ortho intramolecular Hbond substituents is 1. The third-order valence-corrected chi connectivity index (χ3v) is 2.79. The van der Waals surface area contributed by atoms with E-state index >= 15 is 0 Å². The summed E-state index contributed by atoms with van der Waals surface area (Å²) in [5, 5.41) is 12.5. The average molecular weight is 281 g/mol. The third-order valence-electron chi connectivity index (χ3n) is 2.79. The highest BCUT2D eigenvalue weighted by Crippen LogP contribution is 2.15. The summed E-state index contributed by atoms with van der Waals surface area (Å²) in [6, 6.07) is 14.0. The number of rotatable bonds is 6. The van der Waals surface area contributed by atoms with E-state index in [0.29, 0.717) is 29.9 Å². The van der Waals surface area contributed by atoms with Gasteiger partial charge in [0.05, 0.1) is 13.1 Å². The summed E-state index contributed by atoms with van der Waals surface area (Å²) in [5.74, 6) is 0.204. The zero-order valence-electron chi connectivity index (χ0n) is 11.4. The van der Waals surface area contributed by atoms with Crippen molar-refractivity contribution in [3.63, 3.8) is 0 Å². The van der Waals surface area contributed by atoms with Gasteiger partial charge in [0.2, 0.25) is 0 Å². The molecular formula is C16H15N3O2. The molecule has 5 heteroatoms. The van der Waals surface area contributed by atoms with Gasteiger partial charge < -0.3 is 5.11 Å². The van der Waals surface area contributed by atoms with E-state index in [1.807, 2.05) is 12.1 Å². The highest BCUT2D eigenvalue weighted by Gasteiger charge is 1.97. The molecule has 0 aromatic heterocycles. The Labute approximate surface area is 122 Å². The van der Waals surface area contributed by atoms with E-state index in [-0.39, 0.29) is 5.75 Å². The minimum absolute atomic E-state index is 0.204. The molecule has 0 saturated heterocycles. The molecule has 2 rings (SSSR count). The second kappa shape index (κ2) is 7.69. The Hall–Kier alpha value is -2.82. The van der Waals surface area contributed by atoms with Crippen LogP contribution in [0.25, 0.3) is 0 Å². The van der Waals surface area contributed by atoms with Crippen molar-refractivity contribution in [2.24, 2.45) is 15.2 Å². The van der Waals surface area contributed by atoms with Crippen LogP contribution in [0.5, 0.6) is 5.75 Å². The van der Waals surface area contributed by atoms with Gasteiger partial charge in [-0.2, -0.15) is 0 Å². The summed E-state index contributed by atoms with van der Waals surface area (Å²) in [4.78, 5) is 19.0. The van der Waals surface area contributed by atoms with Crippen LogP contribution < -0.4 is 0 Å². The molecule has 21 heavy (non-hydrogen) atoms. The molecule has 0 fully saturated rings. The largest absolute Gasteiger partial charge is 0.507 e. The van der Waals surface area contributed by atoms with Crippen LogP contribution in [0, 0.1) is 4.91 Å². The Bertz CT molecular complexity index is 666. The fourth-order valence-electron chi connectivity index (χ4n) is 1.72. The van der Waals surface area contributed by atoms with Gasteiger partial charge in [-0.15, -0.1) is 4.91 Å². The molecule has 0 atom stereocenters. The minimum atomic E-state index is 0.204. The Kier molecular flexibility index (Phi) is 5.34. The van der Waals surface area contributed by atoms with Crippen LogP contribution in [-0.4, -0.2) is 30.6 Å². The second-order valence-corrected chi connectivity index (χ2v) is 4.28.